The van der Waals surface area contributed by atoms with E-state index in [-0.39, 0.29) is 0 Å². The summed E-state index contributed by atoms with van der Waals surface area (Å²) in [4.78, 5) is 5.25. The molecule has 0 aliphatic carbocycles. The Morgan fingerprint density at radius 3 is 2.85 bits per heavy atom. The van der Waals surface area contributed by atoms with Crippen LogP contribution in [0.25, 0.3) is 22.1 Å². The second-order valence-corrected chi connectivity index (χ2v) is 6.46. The number of hydrogen-bond acceptors (Lipinski definition) is 8. The van der Waals surface area contributed by atoms with E-state index >= 15 is 0 Å². The summed E-state index contributed by atoms with van der Waals surface area (Å²) in [5, 5.41) is 21.7. The van der Waals surface area contributed by atoms with E-state index in [9.17, 15) is 0 Å². The van der Waals surface area contributed by atoms with Gasteiger partial charge < -0.3 is 16.9 Å². The maximum Gasteiger partial charge on any atom is 0.217 e. The molecule has 0 radical (unpaired) electrons. The van der Waals surface area contributed by atoms with E-state index in [0.29, 0.717) is 27.8 Å². The third-order valence-electron chi connectivity index (χ3n) is 3.82. The van der Waals surface area contributed by atoms with Crippen LogP contribution in [-0.4, -0.2) is 31.0 Å². The zero-order valence-corrected chi connectivity index (χ0v) is 14.3. The molecule has 3 heterocycles. The fourth-order valence-corrected chi connectivity index (χ4v) is 3.34. The van der Waals surface area contributed by atoms with E-state index in [0.717, 1.165) is 22.0 Å². The van der Waals surface area contributed by atoms with Crippen LogP contribution in [0.4, 0.5) is 5.69 Å². The van der Waals surface area contributed by atoms with Crippen LogP contribution < -0.4 is 11.5 Å². The first kappa shape index (κ1) is 16.0. The predicted octanol–water partition coefficient (Wildman–Crippen LogP) is 2.36. The molecule has 0 spiro atoms. The number of anilines is 1. The van der Waals surface area contributed by atoms with Crippen molar-refractivity contribution >= 4 is 45.8 Å². The smallest absolute Gasteiger partial charge is 0.217 e. The minimum absolute atomic E-state index is 0.515. The molecule has 0 bridgehead atoms. The number of fused-ring (bicyclic) bond motifs is 2. The summed E-state index contributed by atoms with van der Waals surface area (Å²) < 4.78 is 1.63. The standard InChI is InChI=1S/C17H14N8S/c18-8-10(9-19)14-3-4-16-22-23-17(25(16)24-14)26-11-1-2-15-12(7-11)13(20)5-6-21-15/h1-9,18H,19H2,(H2,20,21)/b10-9+,18-8?. The van der Waals surface area contributed by atoms with Crippen molar-refractivity contribution in [2.24, 2.45) is 5.73 Å². The van der Waals surface area contributed by atoms with Gasteiger partial charge in [0.05, 0.1) is 11.2 Å². The highest BCUT2D eigenvalue weighted by Crippen LogP contribution is 2.30. The summed E-state index contributed by atoms with van der Waals surface area (Å²) >= 11 is 1.42. The van der Waals surface area contributed by atoms with E-state index in [1.165, 1.54) is 18.0 Å². The van der Waals surface area contributed by atoms with Crippen molar-refractivity contribution in [3.8, 4) is 0 Å². The van der Waals surface area contributed by atoms with Gasteiger partial charge in [-0.25, -0.2) is 0 Å². The lowest BCUT2D eigenvalue weighted by Gasteiger charge is -2.05. The van der Waals surface area contributed by atoms with Gasteiger partial charge in [0.1, 0.15) is 0 Å². The Kier molecular flexibility index (Phi) is 3.98. The monoisotopic (exact) mass is 362 g/mol. The highest BCUT2D eigenvalue weighted by atomic mass is 32.2. The summed E-state index contributed by atoms with van der Waals surface area (Å²) in [5.74, 6) is 0. The summed E-state index contributed by atoms with van der Waals surface area (Å²) in [6, 6.07) is 11.2. The number of nitrogens with two attached hydrogens (primary N) is 2. The Bertz CT molecular complexity index is 1160. The molecular weight excluding hydrogens is 348 g/mol. The van der Waals surface area contributed by atoms with Gasteiger partial charge in [-0.05, 0) is 48.2 Å². The number of nitrogens with zero attached hydrogens (tertiary/aromatic N) is 5. The van der Waals surface area contributed by atoms with Gasteiger partial charge in [0.2, 0.25) is 5.16 Å². The second-order valence-electron chi connectivity index (χ2n) is 5.42. The van der Waals surface area contributed by atoms with Crippen LogP contribution in [0.5, 0.6) is 0 Å². The van der Waals surface area contributed by atoms with Gasteiger partial charge in [0.15, 0.2) is 5.65 Å². The van der Waals surface area contributed by atoms with Crippen molar-refractivity contribution in [1.82, 2.24) is 24.8 Å². The average Bonchev–Trinajstić information content (AvgIpc) is 3.06. The average molecular weight is 362 g/mol. The summed E-state index contributed by atoms with van der Waals surface area (Å²) in [6.45, 7) is 0. The first-order valence-electron chi connectivity index (χ1n) is 7.67. The molecule has 0 atom stereocenters. The lowest BCUT2D eigenvalue weighted by atomic mass is 10.2. The van der Waals surface area contributed by atoms with Crippen LogP contribution in [0.15, 0.2) is 58.8 Å². The van der Waals surface area contributed by atoms with E-state index in [1.807, 2.05) is 18.2 Å². The van der Waals surface area contributed by atoms with Crippen molar-refractivity contribution in [2.75, 3.05) is 5.73 Å². The number of allylic oxidation sites excluding steroid dienone is 1. The predicted molar refractivity (Wildman–Crippen MR) is 102 cm³/mol. The molecule has 0 saturated heterocycles. The number of benzene rings is 1. The molecule has 1 aromatic carbocycles. The molecule has 0 amide bonds. The quantitative estimate of drug-likeness (QED) is 0.475. The molecule has 0 unspecified atom stereocenters. The molecule has 128 valence electrons. The zero-order valence-electron chi connectivity index (χ0n) is 13.5. The van der Waals surface area contributed by atoms with Crippen LogP contribution in [0.1, 0.15) is 5.69 Å². The van der Waals surface area contributed by atoms with Gasteiger partial charge in [0, 0.05) is 40.2 Å². The Balaban J connectivity index is 1.76. The molecule has 4 aromatic rings. The fourth-order valence-electron chi connectivity index (χ4n) is 2.51. The van der Waals surface area contributed by atoms with Crippen LogP contribution in [0.3, 0.4) is 0 Å². The minimum atomic E-state index is 0.515. The number of nitrogen functional groups attached to an aromatic ring is 1. The number of aromatic nitrogens is 5. The van der Waals surface area contributed by atoms with E-state index < -0.39 is 0 Å². The first-order chi connectivity index (χ1) is 12.7. The van der Waals surface area contributed by atoms with E-state index in [4.69, 9.17) is 16.9 Å². The fraction of sp³-hybridized carbons (Fsp3) is 0. The molecule has 4 rings (SSSR count). The van der Waals surface area contributed by atoms with Gasteiger partial charge in [-0.1, -0.05) is 0 Å². The Morgan fingerprint density at radius 1 is 1.15 bits per heavy atom. The van der Waals surface area contributed by atoms with Gasteiger partial charge in [-0.15, -0.1) is 10.2 Å². The zero-order chi connectivity index (χ0) is 18.1. The van der Waals surface area contributed by atoms with Crippen molar-refractivity contribution < 1.29 is 0 Å². The molecule has 0 saturated carbocycles. The molecule has 0 aliphatic heterocycles. The Labute approximate surface area is 152 Å². The highest BCUT2D eigenvalue weighted by Gasteiger charge is 2.11. The van der Waals surface area contributed by atoms with Gasteiger partial charge >= 0.3 is 0 Å². The van der Waals surface area contributed by atoms with Gasteiger partial charge in [-0.2, -0.15) is 9.61 Å². The summed E-state index contributed by atoms with van der Waals surface area (Å²) in [7, 11) is 0. The lowest BCUT2D eigenvalue weighted by molar-refractivity contribution is 0.803. The number of nitrogens with one attached hydrogen (secondary N) is 1. The third kappa shape index (κ3) is 2.74. The topological polar surface area (TPSA) is 132 Å². The highest BCUT2D eigenvalue weighted by molar-refractivity contribution is 7.99. The Hall–Kier alpha value is -3.46. The van der Waals surface area contributed by atoms with Gasteiger partial charge in [-0.3, -0.25) is 4.98 Å². The second kappa shape index (κ2) is 6.45. The molecule has 26 heavy (non-hydrogen) atoms. The van der Waals surface area contributed by atoms with Crippen molar-refractivity contribution in [3.05, 3.63) is 54.5 Å². The maximum atomic E-state index is 7.42. The normalized spacial score (nSPS) is 11.9. The molecular formula is C17H14N8S. The third-order valence-corrected chi connectivity index (χ3v) is 4.75. The number of pyridine rings is 1. The van der Waals surface area contributed by atoms with Crippen LogP contribution in [0.2, 0.25) is 0 Å². The van der Waals surface area contributed by atoms with E-state index in [1.54, 1.807) is 28.9 Å². The van der Waals surface area contributed by atoms with E-state index in [2.05, 4.69) is 20.3 Å². The molecule has 8 nitrogen and oxygen atoms in total. The minimum Gasteiger partial charge on any atom is -0.404 e. The van der Waals surface area contributed by atoms with Crippen LogP contribution in [0, 0.1) is 5.41 Å². The molecule has 5 N–H and O–H groups in total. The largest absolute Gasteiger partial charge is 0.404 e. The molecule has 0 aliphatic rings. The number of rotatable bonds is 4. The van der Waals surface area contributed by atoms with Crippen molar-refractivity contribution in [2.45, 2.75) is 10.1 Å². The van der Waals surface area contributed by atoms with Crippen LogP contribution >= 0.6 is 11.8 Å². The Morgan fingerprint density at radius 2 is 2.04 bits per heavy atom. The number of hydrogen-bond donors (Lipinski definition) is 3. The maximum absolute atomic E-state index is 7.42. The molecule has 0 fully saturated rings. The molecule has 9 heteroatoms. The summed E-state index contributed by atoms with van der Waals surface area (Å²) in [6.07, 6.45) is 4.19. The molecule has 3 aromatic heterocycles. The SMILES string of the molecule is N=C/C(=C\N)c1ccc2nnc(Sc3ccc4nccc(N)c4c3)n2n1. The first-order valence-corrected chi connectivity index (χ1v) is 8.48. The lowest BCUT2D eigenvalue weighted by Crippen LogP contribution is -2.01. The van der Waals surface area contributed by atoms with Crippen molar-refractivity contribution in [1.29, 1.82) is 5.41 Å². The van der Waals surface area contributed by atoms with Crippen molar-refractivity contribution in [3.63, 3.8) is 0 Å². The van der Waals surface area contributed by atoms with Crippen LogP contribution in [-0.2, 0) is 0 Å². The summed E-state index contributed by atoms with van der Waals surface area (Å²) in [5.41, 5.74) is 14.8. The van der Waals surface area contributed by atoms with Gasteiger partial charge in [0.25, 0.3) is 0 Å².